The molecule has 1 fully saturated rings. The van der Waals surface area contributed by atoms with E-state index in [1.54, 1.807) is 17.2 Å². The van der Waals surface area contributed by atoms with E-state index in [1.807, 2.05) is 0 Å². The standard InChI is InChI=1S/C13H18N2O4S/c1-8(16)9-2-5-15(6-3-9)13(19)14-11-10(12(17)18)4-7-20-11/h4,7-9,16H,2-3,5-6H2,1H3,(H,14,19)(H,17,18). The van der Waals surface area contributed by atoms with E-state index < -0.39 is 5.97 Å². The number of anilines is 1. The molecule has 0 bridgehead atoms. The second kappa shape index (κ2) is 6.23. The zero-order valence-electron chi connectivity index (χ0n) is 11.2. The Hall–Kier alpha value is -1.60. The maximum Gasteiger partial charge on any atom is 0.338 e. The van der Waals surface area contributed by atoms with Gasteiger partial charge in [-0.3, -0.25) is 5.32 Å². The zero-order chi connectivity index (χ0) is 14.7. The van der Waals surface area contributed by atoms with Gasteiger partial charge in [-0.15, -0.1) is 11.3 Å². The molecule has 7 heteroatoms. The number of rotatable bonds is 3. The monoisotopic (exact) mass is 298 g/mol. The predicted octanol–water partition coefficient (Wildman–Crippen LogP) is 2.07. The average molecular weight is 298 g/mol. The van der Waals surface area contributed by atoms with E-state index in [4.69, 9.17) is 5.11 Å². The Morgan fingerprint density at radius 2 is 2.10 bits per heavy atom. The number of aliphatic hydroxyl groups excluding tert-OH is 1. The molecule has 0 spiro atoms. The van der Waals surface area contributed by atoms with Gasteiger partial charge in [-0.05, 0) is 37.1 Å². The lowest BCUT2D eigenvalue weighted by molar-refractivity contribution is 0.0698. The van der Waals surface area contributed by atoms with Gasteiger partial charge in [0.25, 0.3) is 0 Å². The van der Waals surface area contributed by atoms with Gasteiger partial charge in [0.1, 0.15) is 5.00 Å². The summed E-state index contributed by atoms with van der Waals surface area (Å²) in [5.41, 5.74) is 0.113. The molecule has 6 nitrogen and oxygen atoms in total. The highest BCUT2D eigenvalue weighted by atomic mass is 32.1. The number of carbonyl (C=O) groups excluding carboxylic acids is 1. The lowest BCUT2D eigenvalue weighted by atomic mass is 9.92. The normalized spacial score (nSPS) is 17.8. The number of nitrogens with one attached hydrogen (secondary N) is 1. The van der Waals surface area contributed by atoms with Crippen LogP contribution in [0.5, 0.6) is 0 Å². The molecule has 2 amide bonds. The van der Waals surface area contributed by atoms with Crippen LogP contribution in [0, 0.1) is 5.92 Å². The Bertz CT molecular complexity index is 492. The number of thiophene rings is 1. The molecule has 0 radical (unpaired) electrons. The van der Waals surface area contributed by atoms with Crippen molar-refractivity contribution in [2.45, 2.75) is 25.9 Å². The summed E-state index contributed by atoms with van der Waals surface area (Å²) in [7, 11) is 0. The number of urea groups is 1. The molecule has 1 aliphatic heterocycles. The molecule has 0 aromatic carbocycles. The maximum absolute atomic E-state index is 12.1. The molecular weight excluding hydrogens is 280 g/mol. The van der Waals surface area contributed by atoms with E-state index in [1.165, 1.54) is 17.4 Å². The number of carboxylic acid groups (broad SMARTS) is 1. The van der Waals surface area contributed by atoms with Gasteiger partial charge in [0.05, 0.1) is 11.7 Å². The van der Waals surface area contributed by atoms with Gasteiger partial charge in [-0.25, -0.2) is 9.59 Å². The van der Waals surface area contributed by atoms with E-state index in [0.29, 0.717) is 18.1 Å². The van der Waals surface area contributed by atoms with Crippen LogP contribution in [0.25, 0.3) is 0 Å². The molecular formula is C13H18N2O4S. The molecule has 1 aromatic rings. The van der Waals surface area contributed by atoms with Crippen molar-refractivity contribution in [3.8, 4) is 0 Å². The smallest absolute Gasteiger partial charge is 0.338 e. The number of amides is 2. The highest BCUT2D eigenvalue weighted by Crippen LogP contribution is 2.25. The van der Waals surface area contributed by atoms with Crippen molar-refractivity contribution in [3.63, 3.8) is 0 Å². The lowest BCUT2D eigenvalue weighted by Crippen LogP contribution is -2.42. The first-order valence-electron chi connectivity index (χ1n) is 6.54. The summed E-state index contributed by atoms with van der Waals surface area (Å²) >= 11 is 1.20. The molecule has 1 aromatic heterocycles. The molecule has 2 heterocycles. The Balaban J connectivity index is 1.93. The highest BCUT2D eigenvalue weighted by molar-refractivity contribution is 7.14. The summed E-state index contributed by atoms with van der Waals surface area (Å²) in [6.07, 6.45) is 1.18. The van der Waals surface area contributed by atoms with E-state index in [-0.39, 0.29) is 23.6 Å². The minimum absolute atomic E-state index is 0.113. The van der Waals surface area contributed by atoms with Crippen LogP contribution in [0.15, 0.2) is 11.4 Å². The van der Waals surface area contributed by atoms with Crippen molar-refractivity contribution in [1.82, 2.24) is 4.90 Å². The fraction of sp³-hybridized carbons (Fsp3) is 0.538. The summed E-state index contributed by atoms with van der Waals surface area (Å²) in [6, 6.07) is 1.20. The number of nitrogens with zero attached hydrogens (tertiary/aromatic N) is 1. The van der Waals surface area contributed by atoms with E-state index in [9.17, 15) is 14.7 Å². The molecule has 3 N–H and O–H groups in total. The number of hydrogen-bond donors (Lipinski definition) is 3. The van der Waals surface area contributed by atoms with Crippen molar-refractivity contribution in [2.75, 3.05) is 18.4 Å². The number of piperidine rings is 1. The zero-order valence-corrected chi connectivity index (χ0v) is 12.0. The summed E-state index contributed by atoms with van der Waals surface area (Å²) in [5.74, 6) is -0.815. The van der Waals surface area contributed by atoms with E-state index in [2.05, 4.69) is 5.32 Å². The average Bonchev–Trinajstić information content (AvgIpc) is 2.87. The minimum Gasteiger partial charge on any atom is -0.478 e. The highest BCUT2D eigenvalue weighted by Gasteiger charge is 2.26. The Kier molecular flexibility index (Phi) is 4.61. The molecule has 1 unspecified atom stereocenters. The second-order valence-electron chi connectivity index (χ2n) is 4.96. The molecule has 1 aliphatic rings. The number of aliphatic hydroxyl groups is 1. The number of hydrogen-bond acceptors (Lipinski definition) is 4. The third-order valence-corrected chi connectivity index (χ3v) is 4.45. The number of likely N-dealkylation sites (tertiary alicyclic amines) is 1. The van der Waals surface area contributed by atoms with Crippen LogP contribution >= 0.6 is 11.3 Å². The first kappa shape index (κ1) is 14.8. The van der Waals surface area contributed by atoms with E-state index >= 15 is 0 Å². The van der Waals surface area contributed by atoms with Gasteiger partial charge in [0.2, 0.25) is 0 Å². The predicted molar refractivity (Wildman–Crippen MR) is 76.3 cm³/mol. The largest absolute Gasteiger partial charge is 0.478 e. The minimum atomic E-state index is -1.05. The van der Waals surface area contributed by atoms with Crippen LogP contribution in [0.4, 0.5) is 9.80 Å². The van der Waals surface area contributed by atoms with E-state index in [0.717, 1.165) is 12.8 Å². The molecule has 1 atom stereocenters. The van der Waals surface area contributed by atoms with Gasteiger partial charge in [-0.2, -0.15) is 0 Å². The van der Waals surface area contributed by atoms with Gasteiger partial charge >= 0.3 is 12.0 Å². The third-order valence-electron chi connectivity index (χ3n) is 3.63. The molecule has 2 rings (SSSR count). The number of aromatic carboxylic acids is 1. The van der Waals surface area contributed by atoms with Crippen molar-refractivity contribution in [3.05, 3.63) is 17.0 Å². The summed E-state index contributed by atoms with van der Waals surface area (Å²) in [6.45, 7) is 2.93. The fourth-order valence-corrected chi connectivity index (χ4v) is 3.10. The Labute approximate surface area is 121 Å². The van der Waals surface area contributed by atoms with Crippen molar-refractivity contribution < 1.29 is 19.8 Å². The Morgan fingerprint density at radius 3 is 2.65 bits per heavy atom. The second-order valence-corrected chi connectivity index (χ2v) is 5.88. The van der Waals surface area contributed by atoms with Crippen molar-refractivity contribution in [1.29, 1.82) is 0 Å². The molecule has 0 aliphatic carbocycles. The first-order chi connectivity index (χ1) is 9.49. The molecule has 1 saturated heterocycles. The van der Waals surface area contributed by atoms with Gasteiger partial charge < -0.3 is 15.1 Å². The topological polar surface area (TPSA) is 89.9 Å². The van der Waals surface area contributed by atoms with Gasteiger partial charge in [0, 0.05) is 13.1 Å². The van der Waals surface area contributed by atoms with Crippen LogP contribution in [-0.4, -0.2) is 46.3 Å². The van der Waals surface area contributed by atoms with Crippen molar-refractivity contribution >= 4 is 28.3 Å². The van der Waals surface area contributed by atoms with Crippen LogP contribution in [0.2, 0.25) is 0 Å². The van der Waals surface area contributed by atoms with Gasteiger partial charge in [-0.1, -0.05) is 0 Å². The SMILES string of the molecule is CC(O)C1CCN(C(=O)Nc2sccc2C(=O)O)CC1. The molecule has 0 saturated carbocycles. The third kappa shape index (κ3) is 3.29. The van der Waals surface area contributed by atoms with Crippen molar-refractivity contribution in [2.24, 2.45) is 5.92 Å². The summed E-state index contributed by atoms with van der Waals surface area (Å²) < 4.78 is 0. The Morgan fingerprint density at radius 1 is 1.45 bits per heavy atom. The van der Waals surface area contributed by atoms with Crippen LogP contribution < -0.4 is 5.32 Å². The van der Waals surface area contributed by atoms with Crippen LogP contribution in [0.1, 0.15) is 30.1 Å². The maximum atomic E-state index is 12.1. The number of carboxylic acids is 1. The first-order valence-corrected chi connectivity index (χ1v) is 7.41. The van der Waals surface area contributed by atoms with Crippen LogP contribution in [-0.2, 0) is 0 Å². The summed E-state index contributed by atoms with van der Waals surface area (Å²) in [4.78, 5) is 24.7. The molecule has 20 heavy (non-hydrogen) atoms. The quantitative estimate of drug-likeness (QED) is 0.797. The molecule has 110 valence electrons. The van der Waals surface area contributed by atoms with Crippen LogP contribution in [0.3, 0.4) is 0 Å². The summed E-state index contributed by atoms with van der Waals surface area (Å²) in [5, 5.41) is 23.2. The lowest BCUT2D eigenvalue weighted by Gasteiger charge is -2.33. The fourth-order valence-electron chi connectivity index (χ4n) is 2.34. The van der Waals surface area contributed by atoms with Gasteiger partial charge in [0.15, 0.2) is 0 Å². The number of carbonyl (C=O) groups is 2.